The first-order valence-corrected chi connectivity index (χ1v) is 9.44. The normalized spacial score (nSPS) is 10.8. The second-order valence-electron chi connectivity index (χ2n) is 5.55. The number of nitrogens with zero attached hydrogens (tertiary/aromatic N) is 3. The highest BCUT2D eigenvalue weighted by Crippen LogP contribution is 2.30. The summed E-state index contributed by atoms with van der Waals surface area (Å²) in [4.78, 5) is 12.1. The fourth-order valence-corrected chi connectivity index (χ4v) is 3.44. The second kappa shape index (κ2) is 8.16. The molecule has 0 fully saturated rings. The molecule has 0 spiro atoms. The van der Waals surface area contributed by atoms with Crippen LogP contribution in [-0.4, -0.2) is 26.5 Å². The second-order valence-corrected chi connectivity index (χ2v) is 7.34. The summed E-state index contributed by atoms with van der Waals surface area (Å²) >= 11 is 13.2. The maximum atomic E-state index is 13.5. The number of hydrogen-bond donors (Lipinski definition) is 2. The van der Waals surface area contributed by atoms with Gasteiger partial charge in [0.15, 0.2) is 5.82 Å². The number of nitrogens with one attached hydrogen (secondary N) is 1. The number of thioether (sulfide) groups is 1. The number of nitrogens with two attached hydrogens (primary N) is 1. The third-order valence-corrected chi connectivity index (χ3v) is 5.20. The van der Waals surface area contributed by atoms with Crippen molar-refractivity contribution in [2.45, 2.75) is 12.1 Å². The SMILES string of the molecule is Cc1c(F)cccc1NC(=O)CSc1nnc(-c2ccc(Cl)cc2Cl)n1N. The number of carbonyl (C=O) groups is 1. The van der Waals surface area contributed by atoms with Gasteiger partial charge < -0.3 is 11.2 Å². The van der Waals surface area contributed by atoms with E-state index in [0.717, 1.165) is 11.8 Å². The van der Waals surface area contributed by atoms with Crippen molar-refractivity contribution in [1.29, 1.82) is 0 Å². The number of amides is 1. The van der Waals surface area contributed by atoms with E-state index in [1.807, 2.05) is 0 Å². The van der Waals surface area contributed by atoms with Crippen molar-refractivity contribution in [3.8, 4) is 11.4 Å². The van der Waals surface area contributed by atoms with Gasteiger partial charge in [-0.15, -0.1) is 10.2 Å². The largest absolute Gasteiger partial charge is 0.335 e. The first-order valence-electron chi connectivity index (χ1n) is 7.70. The predicted molar refractivity (Wildman–Crippen MR) is 106 cm³/mol. The molecule has 3 rings (SSSR count). The maximum absolute atomic E-state index is 13.5. The van der Waals surface area contributed by atoms with E-state index in [0.29, 0.717) is 37.8 Å². The predicted octanol–water partition coefficient (Wildman–Crippen LogP) is 4.14. The lowest BCUT2D eigenvalue weighted by molar-refractivity contribution is -0.113. The topological polar surface area (TPSA) is 85.8 Å². The minimum Gasteiger partial charge on any atom is -0.335 e. The van der Waals surface area contributed by atoms with E-state index in [1.165, 1.54) is 16.8 Å². The molecular weight excluding hydrogens is 412 g/mol. The number of nitrogen functional groups attached to an aromatic ring is 1. The molecule has 0 saturated heterocycles. The number of carbonyl (C=O) groups excluding carboxylic acids is 1. The maximum Gasteiger partial charge on any atom is 0.234 e. The number of halogens is 3. The van der Waals surface area contributed by atoms with E-state index < -0.39 is 0 Å². The summed E-state index contributed by atoms with van der Waals surface area (Å²) in [5, 5.41) is 11.9. The Balaban J connectivity index is 1.69. The summed E-state index contributed by atoms with van der Waals surface area (Å²) in [6.45, 7) is 1.59. The van der Waals surface area contributed by atoms with E-state index in [-0.39, 0.29) is 17.5 Å². The number of benzene rings is 2. The van der Waals surface area contributed by atoms with Gasteiger partial charge in [0.1, 0.15) is 5.82 Å². The van der Waals surface area contributed by atoms with Crippen LogP contribution in [0.25, 0.3) is 11.4 Å². The van der Waals surface area contributed by atoms with Crippen molar-refractivity contribution in [3.63, 3.8) is 0 Å². The third kappa shape index (κ3) is 4.35. The van der Waals surface area contributed by atoms with Crippen molar-refractivity contribution in [2.24, 2.45) is 0 Å². The molecule has 0 saturated carbocycles. The van der Waals surface area contributed by atoms with E-state index in [9.17, 15) is 9.18 Å². The number of aromatic nitrogens is 3. The Labute approximate surface area is 168 Å². The molecule has 0 aliphatic carbocycles. The summed E-state index contributed by atoms with van der Waals surface area (Å²) in [7, 11) is 0. The van der Waals surface area contributed by atoms with Crippen LogP contribution in [-0.2, 0) is 4.79 Å². The molecule has 3 N–H and O–H groups in total. The first kappa shape index (κ1) is 19.5. The zero-order valence-electron chi connectivity index (χ0n) is 14.0. The summed E-state index contributed by atoms with van der Waals surface area (Å²) in [6.07, 6.45) is 0. The number of hydrogen-bond acceptors (Lipinski definition) is 5. The number of rotatable bonds is 5. The fourth-order valence-electron chi connectivity index (χ4n) is 2.29. The van der Waals surface area contributed by atoms with Crippen molar-refractivity contribution in [3.05, 3.63) is 57.8 Å². The van der Waals surface area contributed by atoms with E-state index in [4.69, 9.17) is 29.0 Å². The molecule has 0 bridgehead atoms. The van der Waals surface area contributed by atoms with Crippen molar-refractivity contribution in [2.75, 3.05) is 16.9 Å². The number of anilines is 1. The van der Waals surface area contributed by atoms with E-state index >= 15 is 0 Å². The van der Waals surface area contributed by atoms with Gasteiger partial charge in [0, 0.05) is 21.8 Å². The third-order valence-electron chi connectivity index (χ3n) is 3.71. The van der Waals surface area contributed by atoms with Gasteiger partial charge >= 0.3 is 0 Å². The molecule has 140 valence electrons. The highest BCUT2D eigenvalue weighted by Gasteiger charge is 2.16. The smallest absolute Gasteiger partial charge is 0.234 e. The molecule has 1 aromatic heterocycles. The Morgan fingerprint density at radius 3 is 2.81 bits per heavy atom. The molecule has 0 aliphatic rings. The van der Waals surface area contributed by atoms with E-state index in [1.54, 1.807) is 31.2 Å². The quantitative estimate of drug-likeness (QED) is 0.473. The van der Waals surface area contributed by atoms with Gasteiger partial charge in [-0.3, -0.25) is 4.79 Å². The van der Waals surface area contributed by atoms with Crippen molar-refractivity contribution >= 4 is 46.6 Å². The summed E-state index contributed by atoms with van der Waals surface area (Å²) in [6, 6.07) is 9.43. The van der Waals surface area contributed by atoms with Crippen LogP contribution in [0.15, 0.2) is 41.6 Å². The molecule has 6 nitrogen and oxygen atoms in total. The average Bonchev–Trinajstić information content (AvgIpc) is 2.98. The minimum absolute atomic E-state index is 0.0274. The molecule has 27 heavy (non-hydrogen) atoms. The van der Waals surface area contributed by atoms with Crippen LogP contribution in [0.2, 0.25) is 10.0 Å². The van der Waals surface area contributed by atoms with Gasteiger partial charge in [0.2, 0.25) is 11.1 Å². The molecular formula is C17H14Cl2FN5OS. The van der Waals surface area contributed by atoms with Gasteiger partial charge in [-0.05, 0) is 37.3 Å². The van der Waals surface area contributed by atoms with Gasteiger partial charge in [-0.2, -0.15) is 0 Å². The van der Waals surface area contributed by atoms with Crippen LogP contribution in [0.1, 0.15) is 5.56 Å². The zero-order chi connectivity index (χ0) is 19.6. The standard InChI is InChI=1S/C17H14Cl2FN5OS/c1-9-13(20)3-2-4-14(9)22-15(26)8-27-17-24-23-16(25(17)21)11-6-5-10(18)7-12(11)19/h2-7H,8,21H2,1H3,(H,22,26). The summed E-state index contributed by atoms with van der Waals surface area (Å²) in [5.74, 6) is 5.70. The summed E-state index contributed by atoms with van der Waals surface area (Å²) < 4.78 is 14.8. The monoisotopic (exact) mass is 425 g/mol. The van der Waals surface area contributed by atoms with Crippen LogP contribution in [0, 0.1) is 12.7 Å². The van der Waals surface area contributed by atoms with Crippen molar-refractivity contribution in [1.82, 2.24) is 14.9 Å². The molecule has 1 heterocycles. The Hall–Kier alpha value is -2.29. The highest BCUT2D eigenvalue weighted by atomic mass is 35.5. The minimum atomic E-state index is -0.383. The zero-order valence-corrected chi connectivity index (χ0v) is 16.4. The Bertz CT molecular complexity index is 1010. The van der Waals surface area contributed by atoms with Crippen LogP contribution in [0.5, 0.6) is 0 Å². The van der Waals surface area contributed by atoms with Crippen LogP contribution < -0.4 is 11.2 Å². The Morgan fingerprint density at radius 2 is 2.07 bits per heavy atom. The Kier molecular flexibility index (Phi) is 5.88. The highest BCUT2D eigenvalue weighted by molar-refractivity contribution is 7.99. The molecule has 1 amide bonds. The molecule has 0 atom stereocenters. The average molecular weight is 426 g/mol. The molecule has 2 aromatic carbocycles. The van der Waals surface area contributed by atoms with Crippen molar-refractivity contribution < 1.29 is 9.18 Å². The van der Waals surface area contributed by atoms with Crippen LogP contribution in [0.4, 0.5) is 10.1 Å². The van der Waals surface area contributed by atoms with Gasteiger partial charge in [-0.25, -0.2) is 9.07 Å². The molecule has 10 heteroatoms. The van der Waals surface area contributed by atoms with E-state index in [2.05, 4.69) is 15.5 Å². The molecule has 0 aliphatic heterocycles. The lowest BCUT2D eigenvalue weighted by Gasteiger charge is -2.09. The van der Waals surface area contributed by atoms with Crippen LogP contribution >= 0.6 is 35.0 Å². The molecule has 0 radical (unpaired) electrons. The van der Waals surface area contributed by atoms with Gasteiger partial charge in [0.25, 0.3) is 0 Å². The lowest BCUT2D eigenvalue weighted by atomic mass is 10.2. The van der Waals surface area contributed by atoms with Gasteiger partial charge in [0.05, 0.1) is 10.8 Å². The van der Waals surface area contributed by atoms with Gasteiger partial charge in [-0.1, -0.05) is 41.0 Å². The first-order chi connectivity index (χ1) is 12.9. The fraction of sp³-hybridized carbons (Fsp3) is 0.118. The molecule has 3 aromatic rings. The summed E-state index contributed by atoms with van der Waals surface area (Å²) in [5.41, 5.74) is 1.36. The molecule has 0 unspecified atom stereocenters. The Morgan fingerprint density at radius 1 is 1.30 bits per heavy atom. The van der Waals surface area contributed by atoms with Crippen LogP contribution in [0.3, 0.4) is 0 Å². The lowest BCUT2D eigenvalue weighted by Crippen LogP contribution is -2.17.